The lowest BCUT2D eigenvalue weighted by Crippen LogP contribution is -2.14. The molecule has 134 valence electrons. The van der Waals surface area contributed by atoms with Crippen LogP contribution in [-0.4, -0.2) is 21.8 Å². The van der Waals surface area contributed by atoms with E-state index in [4.69, 9.17) is 4.74 Å². The number of ether oxygens (including phenoxy) is 1. The monoisotopic (exact) mass is 358 g/mol. The Morgan fingerprint density at radius 3 is 1.77 bits per heavy atom. The smallest absolute Gasteiger partial charge is 0.346 e. The van der Waals surface area contributed by atoms with Gasteiger partial charge in [0.1, 0.15) is 0 Å². The fourth-order valence-electron chi connectivity index (χ4n) is 2.55. The van der Waals surface area contributed by atoms with Crippen LogP contribution in [0.3, 0.4) is 0 Å². The highest BCUT2D eigenvalue weighted by Gasteiger charge is 2.22. The number of esters is 2. The highest BCUT2D eigenvalue weighted by Crippen LogP contribution is 2.25. The van der Waals surface area contributed by atoms with Crippen LogP contribution >= 0.6 is 0 Å². The molecule has 0 aromatic heterocycles. The number of hydrogen-bond donors (Lipinski definition) is 0. The Balaban J connectivity index is 2.25. The lowest BCUT2D eigenvalue weighted by atomic mass is 10.0. The number of hydrogen-bond acceptors (Lipinski definition) is 7. The molecule has 0 bridgehead atoms. The van der Waals surface area contributed by atoms with E-state index in [9.17, 15) is 29.8 Å². The number of rotatable bonds is 4. The molecule has 2 rings (SSSR count). The fraction of sp³-hybridized carbons (Fsp3) is 0.176. The second-order valence-corrected chi connectivity index (χ2v) is 5.65. The summed E-state index contributed by atoms with van der Waals surface area (Å²) in [4.78, 5) is 44.9. The molecule has 0 aliphatic carbocycles. The first kappa shape index (κ1) is 18.7. The maximum Gasteiger partial charge on any atom is 0.346 e. The average molecular weight is 358 g/mol. The van der Waals surface area contributed by atoms with Crippen LogP contribution in [0.15, 0.2) is 30.3 Å². The van der Waals surface area contributed by atoms with Gasteiger partial charge in [-0.05, 0) is 45.0 Å². The molecule has 0 amide bonds. The summed E-state index contributed by atoms with van der Waals surface area (Å²) in [6.07, 6.45) is 0. The number of benzene rings is 2. The van der Waals surface area contributed by atoms with Crippen LogP contribution in [0.4, 0.5) is 11.4 Å². The molecule has 0 radical (unpaired) electrons. The Labute approximate surface area is 147 Å². The number of nitrogens with zero attached hydrogens (tertiary/aromatic N) is 2. The van der Waals surface area contributed by atoms with Crippen molar-refractivity contribution in [1.29, 1.82) is 0 Å². The van der Waals surface area contributed by atoms with E-state index in [1.807, 2.05) is 0 Å². The van der Waals surface area contributed by atoms with Crippen molar-refractivity contribution in [2.24, 2.45) is 0 Å². The summed E-state index contributed by atoms with van der Waals surface area (Å²) in [6.45, 7) is 4.41. The van der Waals surface area contributed by atoms with Gasteiger partial charge in [0.15, 0.2) is 0 Å². The van der Waals surface area contributed by atoms with Crippen LogP contribution in [0, 0.1) is 41.0 Å². The summed E-state index contributed by atoms with van der Waals surface area (Å²) < 4.78 is 4.77. The topological polar surface area (TPSA) is 130 Å². The van der Waals surface area contributed by atoms with Gasteiger partial charge >= 0.3 is 11.9 Å². The van der Waals surface area contributed by atoms with Crippen molar-refractivity contribution in [2.45, 2.75) is 20.8 Å². The van der Waals surface area contributed by atoms with Crippen LogP contribution < -0.4 is 0 Å². The zero-order valence-electron chi connectivity index (χ0n) is 14.1. The van der Waals surface area contributed by atoms with Crippen molar-refractivity contribution in [2.75, 3.05) is 0 Å². The van der Waals surface area contributed by atoms with Gasteiger partial charge in [0.25, 0.3) is 11.4 Å². The molecule has 2 aromatic rings. The molecule has 26 heavy (non-hydrogen) atoms. The SMILES string of the molecule is Cc1cc(C(=O)OC(=O)c2cc(C)c([N+](=O)[O-])c(C)c2)ccc1[N+](=O)[O-]. The van der Waals surface area contributed by atoms with Crippen LogP contribution in [0.25, 0.3) is 0 Å². The molecule has 0 atom stereocenters. The number of carbonyl (C=O) groups is 2. The van der Waals surface area contributed by atoms with Crippen molar-refractivity contribution in [3.8, 4) is 0 Å². The van der Waals surface area contributed by atoms with E-state index in [2.05, 4.69) is 0 Å². The first-order chi connectivity index (χ1) is 12.1. The van der Waals surface area contributed by atoms with E-state index in [0.717, 1.165) is 6.07 Å². The van der Waals surface area contributed by atoms with Gasteiger partial charge in [-0.15, -0.1) is 0 Å². The highest BCUT2D eigenvalue weighted by molar-refractivity contribution is 6.03. The summed E-state index contributed by atoms with van der Waals surface area (Å²) in [7, 11) is 0. The van der Waals surface area contributed by atoms with E-state index in [0.29, 0.717) is 0 Å². The molecular formula is C17H14N2O7. The Hall–Kier alpha value is -3.62. The summed E-state index contributed by atoms with van der Waals surface area (Å²) >= 11 is 0. The molecule has 0 unspecified atom stereocenters. The normalized spacial score (nSPS) is 10.3. The molecule has 0 saturated carbocycles. The third-order valence-electron chi connectivity index (χ3n) is 3.72. The van der Waals surface area contributed by atoms with Crippen molar-refractivity contribution >= 4 is 23.3 Å². The van der Waals surface area contributed by atoms with E-state index < -0.39 is 21.8 Å². The molecule has 2 aromatic carbocycles. The number of nitro benzene ring substituents is 2. The molecule has 0 N–H and O–H groups in total. The van der Waals surface area contributed by atoms with Gasteiger partial charge in [-0.1, -0.05) is 0 Å². The molecular weight excluding hydrogens is 344 g/mol. The second kappa shape index (κ2) is 7.09. The summed E-state index contributed by atoms with van der Waals surface area (Å²) in [5.74, 6) is -1.94. The van der Waals surface area contributed by atoms with Crippen molar-refractivity contribution in [3.05, 3.63) is 78.4 Å². The summed E-state index contributed by atoms with van der Waals surface area (Å²) in [5, 5.41) is 21.8. The lowest BCUT2D eigenvalue weighted by molar-refractivity contribution is -0.386. The number of nitro groups is 2. The van der Waals surface area contributed by atoms with Gasteiger partial charge < -0.3 is 4.74 Å². The predicted octanol–water partition coefficient (Wildman–Crippen LogP) is 3.43. The second-order valence-electron chi connectivity index (χ2n) is 5.65. The van der Waals surface area contributed by atoms with Gasteiger partial charge in [0, 0.05) is 22.8 Å². The Morgan fingerprint density at radius 1 is 0.808 bits per heavy atom. The van der Waals surface area contributed by atoms with Crippen LogP contribution in [0.1, 0.15) is 37.4 Å². The molecule has 0 aliphatic rings. The standard InChI is InChI=1S/C17H14N2O7/c1-9-6-12(4-5-14(9)18(22)23)16(20)26-17(21)13-7-10(2)15(19(24)25)11(3)8-13/h4-8H,1-3H3. The highest BCUT2D eigenvalue weighted by atomic mass is 16.6. The van der Waals surface area contributed by atoms with Gasteiger partial charge in [-0.25, -0.2) is 9.59 Å². The summed E-state index contributed by atoms with van der Waals surface area (Å²) in [5.41, 5.74) is 0.489. The van der Waals surface area contributed by atoms with Crippen molar-refractivity contribution < 1.29 is 24.2 Å². The fourth-order valence-corrected chi connectivity index (χ4v) is 2.55. The van der Waals surface area contributed by atoms with Crippen LogP contribution in [-0.2, 0) is 4.74 Å². The molecule has 0 heterocycles. The Morgan fingerprint density at radius 2 is 1.31 bits per heavy atom. The van der Waals surface area contributed by atoms with E-state index in [1.165, 1.54) is 45.0 Å². The minimum Gasteiger partial charge on any atom is -0.386 e. The number of aryl methyl sites for hydroxylation is 3. The average Bonchev–Trinajstić information content (AvgIpc) is 2.53. The number of carbonyl (C=O) groups excluding carboxylic acids is 2. The van der Waals surface area contributed by atoms with Gasteiger partial charge in [0.2, 0.25) is 0 Å². The van der Waals surface area contributed by atoms with E-state index in [-0.39, 0.29) is 39.2 Å². The minimum absolute atomic E-state index is 0.00224. The third kappa shape index (κ3) is 3.72. The first-order valence-electron chi connectivity index (χ1n) is 7.39. The molecule has 0 fully saturated rings. The van der Waals surface area contributed by atoms with Crippen LogP contribution in [0.5, 0.6) is 0 Å². The van der Waals surface area contributed by atoms with Gasteiger partial charge in [0.05, 0.1) is 21.0 Å². The van der Waals surface area contributed by atoms with Gasteiger partial charge in [-0.2, -0.15) is 0 Å². The largest absolute Gasteiger partial charge is 0.386 e. The van der Waals surface area contributed by atoms with E-state index in [1.54, 1.807) is 0 Å². The quantitative estimate of drug-likeness (QED) is 0.354. The maximum atomic E-state index is 12.2. The van der Waals surface area contributed by atoms with E-state index >= 15 is 0 Å². The summed E-state index contributed by atoms with van der Waals surface area (Å²) in [6, 6.07) is 6.12. The zero-order chi connectivity index (χ0) is 19.6. The molecule has 9 heteroatoms. The third-order valence-corrected chi connectivity index (χ3v) is 3.72. The lowest BCUT2D eigenvalue weighted by Gasteiger charge is -2.07. The first-order valence-corrected chi connectivity index (χ1v) is 7.39. The van der Waals surface area contributed by atoms with Crippen molar-refractivity contribution in [1.82, 2.24) is 0 Å². The zero-order valence-corrected chi connectivity index (χ0v) is 14.1. The molecule has 0 spiro atoms. The minimum atomic E-state index is -0.971. The maximum absolute atomic E-state index is 12.2. The Bertz CT molecular complexity index is 927. The van der Waals surface area contributed by atoms with Crippen LogP contribution in [0.2, 0.25) is 0 Å². The molecule has 9 nitrogen and oxygen atoms in total. The predicted molar refractivity (Wildman–Crippen MR) is 90.1 cm³/mol. The molecule has 0 saturated heterocycles. The van der Waals surface area contributed by atoms with Gasteiger partial charge in [-0.3, -0.25) is 20.2 Å². The van der Waals surface area contributed by atoms with Crippen molar-refractivity contribution in [3.63, 3.8) is 0 Å². The molecule has 0 aliphatic heterocycles. The Kier molecular flexibility index (Phi) is 5.11.